The van der Waals surface area contributed by atoms with Crippen molar-refractivity contribution >= 4 is 34.9 Å². The first-order chi connectivity index (χ1) is 14.7. The minimum absolute atomic E-state index is 0.0440. The van der Waals surface area contributed by atoms with Gasteiger partial charge in [-0.3, -0.25) is 9.78 Å². The van der Waals surface area contributed by atoms with Crippen LogP contribution in [0.2, 0.25) is 0 Å². The van der Waals surface area contributed by atoms with Gasteiger partial charge < -0.3 is 20.2 Å². The molecular formula is C19H21N7O5. The summed E-state index contributed by atoms with van der Waals surface area (Å²) in [6, 6.07) is 6.05. The second-order valence-corrected chi connectivity index (χ2v) is 7.00. The molecule has 12 nitrogen and oxygen atoms in total. The van der Waals surface area contributed by atoms with Gasteiger partial charge in [0, 0.05) is 0 Å². The smallest absolute Gasteiger partial charge is 0.434 e. The quantitative estimate of drug-likeness (QED) is 0.222. The molecule has 0 spiro atoms. The number of nitrogens with two attached hydrogens (primary N) is 2. The van der Waals surface area contributed by atoms with E-state index in [-0.39, 0.29) is 41.7 Å². The number of carbonyl (C=O) groups is 2. The van der Waals surface area contributed by atoms with E-state index in [1.807, 2.05) is 13.8 Å². The molecule has 31 heavy (non-hydrogen) atoms. The Balaban J connectivity index is 1.65. The average Bonchev–Trinajstić information content (AvgIpc) is 2.72. The third-order valence-corrected chi connectivity index (χ3v) is 3.96. The van der Waals surface area contributed by atoms with Crippen LogP contribution in [0.3, 0.4) is 0 Å². The van der Waals surface area contributed by atoms with Crippen LogP contribution in [-0.2, 0) is 16.0 Å². The lowest BCUT2D eigenvalue weighted by Crippen LogP contribution is -2.30. The highest BCUT2D eigenvalue weighted by Crippen LogP contribution is 2.16. The zero-order valence-corrected chi connectivity index (χ0v) is 16.9. The Bertz CT molecular complexity index is 1160. The number of nitrogens with zero attached hydrogens (tertiary/aromatic N) is 4. The lowest BCUT2D eigenvalue weighted by Gasteiger charge is -2.18. The minimum atomic E-state index is -1.05. The summed E-state index contributed by atoms with van der Waals surface area (Å²) < 4.78 is 9.44. The molecule has 0 aliphatic carbocycles. The maximum Gasteiger partial charge on any atom is 0.516 e. The number of nitrogen functional groups attached to an aromatic ring is 1. The summed E-state index contributed by atoms with van der Waals surface area (Å²) in [6.45, 7) is 4.00. The van der Waals surface area contributed by atoms with Crippen LogP contribution in [0.15, 0.2) is 35.3 Å². The number of H-pyrrole nitrogens is 1. The number of fused-ring (bicyclic) bond motifs is 1. The van der Waals surface area contributed by atoms with E-state index in [4.69, 9.17) is 16.3 Å². The van der Waals surface area contributed by atoms with E-state index >= 15 is 0 Å². The Morgan fingerprint density at radius 1 is 1.19 bits per heavy atom. The number of anilines is 2. The van der Waals surface area contributed by atoms with Gasteiger partial charge in [-0.1, -0.05) is 13.8 Å². The summed E-state index contributed by atoms with van der Waals surface area (Å²) in [5.74, 6) is 5.30. The van der Waals surface area contributed by atoms with Crippen molar-refractivity contribution in [1.29, 1.82) is 0 Å². The monoisotopic (exact) mass is 427 g/mol. The zero-order valence-electron chi connectivity index (χ0n) is 16.9. The molecule has 162 valence electrons. The Morgan fingerprint density at radius 3 is 2.58 bits per heavy atom. The number of nitrogens with one attached hydrogen (secondary N) is 1. The van der Waals surface area contributed by atoms with Crippen molar-refractivity contribution in [3.63, 3.8) is 0 Å². The zero-order chi connectivity index (χ0) is 22.5. The summed E-state index contributed by atoms with van der Waals surface area (Å²) in [7, 11) is 0. The summed E-state index contributed by atoms with van der Waals surface area (Å²) in [5, 5.41) is 1.35. The lowest BCUT2D eigenvalue weighted by atomic mass is 10.2. The molecule has 2 aromatic heterocycles. The van der Waals surface area contributed by atoms with E-state index in [0.717, 1.165) is 0 Å². The van der Waals surface area contributed by atoms with Crippen LogP contribution in [0.4, 0.5) is 16.4 Å². The molecule has 0 amide bonds. The van der Waals surface area contributed by atoms with E-state index in [1.165, 1.54) is 23.3 Å². The average molecular weight is 427 g/mol. The Hall–Kier alpha value is -4.06. The number of hydrogen-bond donors (Lipinski definition) is 3. The van der Waals surface area contributed by atoms with Gasteiger partial charge in [0.25, 0.3) is 5.56 Å². The van der Waals surface area contributed by atoms with E-state index in [9.17, 15) is 14.4 Å². The summed E-state index contributed by atoms with van der Waals surface area (Å²) in [6.07, 6.45) is 0.382. The molecule has 12 heteroatoms. The van der Waals surface area contributed by atoms with E-state index in [0.29, 0.717) is 11.4 Å². The number of ether oxygens (including phenoxy) is 2. The first-order valence-electron chi connectivity index (χ1n) is 9.25. The van der Waals surface area contributed by atoms with Gasteiger partial charge in [-0.25, -0.2) is 25.4 Å². The fraction of sp³-hybridized carbons (Fsp3) is 0.263. The molecule has 5 N–H and O–H groups in total. The van der Waals surface area contributed by atoms with Crippen LogP contribution < -0.4 is 22.1 Å². The largest absolute Gasteiger partial charge is 0.516 e. The van der Waals surface area contributed by atoms with Crippen LogP contribution in [0.5, 0.6) is 0 Å². The number of aromatic nitrogens is 4. The highest BCUT2D eigenvalue weighted by molar-refractivity contribution is 5.95. The molecule has 0 saturated heterocycles. The molecular weight excluding hydrogens is 406 g/mol. The van der Waals surface area contributed by atoms with Gasteiger partial charge in [-0.15, -0.1) is 0 Å². The highest BCUT2D eigenvalue weighted by Gasteiger charge is 2.15. The van der Waals surface area contributed by atoms with Gasteiger partial charge in [0.05, 0.1) is 36.3 Å². The van der Waals surface area contributed by atoms with E-state index in [1.54, 1.807) is 12.1 Å². The maximum absolute atomic E-state index is 12.0. The summed E-state index contributed by atoms with van der Waals surface area (Å²) in [4.78, 5) is 50.0. The number of esters is 1. The van der Waals surface area contributed by atoms with Crippen molar-refractivity contribution in [3.05, 3.63) is 52.1 Å². The second-order valence-electron chi connectivity index (χ2n) is 7.00. The normalized spacial score (nSPS) is 10.8. The highest BCUT2D eigenvalue weighted by atomic mass is 16.7. The summed E-state index contributed by atoms with van der Waals surface area (Å²) in [5.41, 5.74) is 6.27. The van der Waals surface area contributed by atoms with Crippen LogP contribution in [0.1, 0.15) is 29.9 Å². The molecule has 2 heterocycles. The third kappa shape index (κ3) is 5.51. The number of rotatable bonds is 6. The Morgan fingerprint density at radius 2 is 1.90 bits per heavy atom. The summed E-state index contributed by atoms with van der Waals surface area (Å²) >= 11 is 0. The fourth-order valence-corrected chi connectivity index (χ4v) is 2.50. The van der Waals surface area contributed by atoms with Gasteiger partial charge >= 0.3 is 12.1 Å². The molecule has 0 aliphatic rings. The first-order valence-corrected chi connectivity index (χ1v) is 9.25. The van der Waals surface area contributed by atoms with Gasteiger partial charge in [0.1, 0.15) is 0 Å². The molecule has 3 rings (SSSR count). The predicted molar refractivity (Wildman–Crippen MR) is 111 cm³/mol. The van der Waals surface area contributed by atoms with Crippen molar-refractivity contribution in [2.24, 2.45) is 11.8 Å². The van der Waals surface area contributed by atoms with Crippen molar-refractivity contribution in [2.75, 3.05) is 17.3 Å². The van der Waals surface area contributed by atoms with Gasteiger partial charge in [-0.05, 0) is 30.2 Å². The third-order valence-electron chi connectivity index (χ3n) is 3.96. The molecule has 3 aromatic rings. The molecule has 0 aliphatic heterocycles. The van der Waals surface area contributed by atoms with E-state index < -0.39 is 17.7 Å². The van der Waals surface area contributed by atoms with Crippen molar-refractivity contribution < 1.29 is 19.1 Å². The Kier molecular flexibility index (Phi) is 6.40. The SMILES string of the molecule is CC(C)COC(=O)OC(=O)c1ccc(N(N)Cc2cnc3nc(N)[nH]c(=O)c3n2)cc1. The number of hydrazine groups is 1. The molecule has 0 bridgehead atoms. The van der Waals surface area contributed by atoms with Crippen LogP contribution in [0.25, 0.3) is 11.2 Å². The molecule has 0 radical (unpaired) electrons. The molecule has 0 unspecified atom stereocenters. The number of aromatic amines is 1. The van der Waals surface area contributed by atoms with Crippen LogP contribution >= 0.6 is 0 Å². The lowest BCUT2D eigenvalue weighted by molar-refractivity contribution is 0.0351. The maximum atomic E-state index is 12.0. The van der Waals surface area contributed by atoms with Gasteiger partial charge in [0.15, 0.2) is 11.2 Å². The number of benzene rings is 1. The van der Waals surface area contributed by atoms with Gasteiger partial charge in [-0.2, -0.15) is 4.98 Å². The standard InChI is InChI=1S/C19H21N7O5/c1-10(2)9-30-19(29)31-17(28)11-3-5-13(6-4-11)26(21)8-12-7-22-15-14(23-12)16(27)25-18(20)24-15/h3-7,10H,8-9,21H2,1-2H3,(H3,20,22,24,25,27). The number of hydrogen-bond acceptors (Lipinski definition) is 11. The van der Waals surface area contributed by atoms with Crippen molar-refractivity contribution in [1.82, 2.24) is 19.9 Å². The molecule has 1 aromatic carbocycles. The topological polar surface area (TPSA) is 179 Å². The van der Waals surface area contributed by atoms with Gasteiger partial charge in [0.2, 0.25) is 5.95 Å². The Labute approximate surface area is 176 Å². The van der Waals surface area contributed by atoms with Crippen LogP contribution in [0, 0.1) is 5.92 Å². The van der Waals surface area contributed by atoms with Crippen molar-refractivity contribution in [3.8, 4) is 0 Å². The van der Waals surface area contributed by atoms with Crippen molar-refractivity contribution in [2.45, 2.75) is 20.4 Å². The molecule has 0 atom stereocenters. The molecule has 0 saturated carbocycles. The number of carbonyl (C=O) groups excluding carboxylic acids is 2. The van der Waals surface area contributed by atoms with Crippen LogP contribution in [-0.4, -0.2) is 38.7 Å². The predicted octanol–water partition coefficient (Wildman–Crippen LogP) is 1.12. The first kappa shape index (κ1) is 21.6. The second kappa shape index (κ2) is 9.17. The minimum Gasteiger partial charge on any atom is -0.434 e. The molecule has 0 fully saturated rings. The fourth-order valence-electron chi connectivity index (χ4n) is 2.50. The van der Waals surface area contributed by atoms with E-state index in [2.05, 4.69) is 24.7 Å².